The molecule has 220 valence electrons. The van der Waals surface area contributed by atoms with Crippen LogP contribution in [0.3, 0.4) is 0 Å². The first-order chi connectivity index (χ1) is 18.5. The van der Waals surface area contributed by atoms with Gasteiger partial charge in [0.2, 0.25) is 10.0 Å². The van der Waals surface area contributed by atoms with Gasteiger partial charge in [0, 0.05) is 11.5 Å². The maximum atomic E-state index is 12.7. The fraction of sp³-hybridized carbons (Fsp3) is 0.318. The van der Waals surface area contributed by atoms with Crippen molar-refractivity contribution >= 4 is 38.4 Å². The molecular weight excluding hydrogens is 578 g/mol. The molecule has 0 atom stereocenters. The molecule has 11 nitrogen and oxygen atoms in total. The first kappa shape index (κ1) is 32.2. The zero-order valence-corrected chi connectivity index (χ0v) is 21.7. The van der Waals surface area contributed by atoms with E-state index in [0.29, 0.717) is 29.0 Å². The van der Waals surface area contributed by atoms with Crippen molar-refractivity contribution in [2.45, 2.75) is 24.2 Å². The highest BCUT2D eigenvalue weighted by Crippen LogP contribution is 2.37. The Kier molecular flexibility index (Phi) is 10.3. The molecule has 0 aliphatic rings. The smallest absolute Gasteiger partial charge is 0.490 e. The van der Waals surface area contributed by atoms with Crippen molar-refractivity contribution in [3.63, 3.8) is 0 Å². The van der Waals surface area contributed by atoms with Crippen molar-refractivity contribution in [1.29, 1.82) is 0 Å². The number of aromatic nitrogens is 2. The van der Waals surface area contributed by atoms with Crippen LogP contribution in [0.2, 0.25) is 0 Å². The van der Waals surface area contributed by atoms with Crippen LogP contribution in [0, 0.1) is 0 Å². The number of ether oxygens (including phenoxy) is 3. The number of nitrogens with zero attached hydrogens (tertiary/aromatic N) is 2. The highest BCUT2D eigenvalue weighted by atomic mass is 32.2. The monoisotopic (exact) mass is 600 g/mol. The highest BCUT2D eigenvalue weighted by molar-refractivity contribution is 7.89. The molecule has 18 heteroatoms. The lowest BCUT2D eigenvalue weighted by Gasteiger charge is -2.17. The number of alkyl halides is 6. The van der Waals surface area contributed by atoms with Crippen molar-refractivity contribution in [3.8, 4) is 17.2 Å². The maximum absolute atomic E-state index is 12.7. The molecule has 1 aromatic heterocycles. The van der Waals surface area contributed by atoms with E-state index in [9.17, 15) is 34.8 Å². The van der Waals surface area contributed by atoms with Crippen LogP contribution in [0.25, 0.3) is 10.9 Å². The number of sulfonamides is 1. The lowest BCUT2D eigenvalue weighted by Crippen LogP contribution is -2.21. The summed E-state index contributed by atoms with van der Waals surface area (Å²) in [5, 5.41) is 10.4. The Morgan fingerprint density at radius 2 is 1.65 bits per heavy atom. The summed E-state index contributed by atoms with van der Waals surface area (Å²) in [4.78, 5) is 17.1. The first-order valence-corrected chi connectivity index (χ1v) is 12.3. The molecule has 3 aromatic rings. The van der Waals surface area contributed by atoms with Gasteiger partial charge in [-0.15, -0.1) is 0 Å². The largest absolute Gasteiger partial charge is 0.493 e. The minimum atomic E-state index is -5.08. The second-order valence-corrected chi connectivity index (χ2v) is 9.26. The molecule has 2 aromatic carbocycles. The maximum Gasteiger partial charge on any atom is 0.490 e. The van der Waals surface area contributed by atoms with E-state index in [1.54, 1.807) is 12.1 Å². The van der Waals surface area contributed by atoms with Gasteiger partial charge >= 0.3 is 18.3 Å². The van der Waals surface area contributed by atoms with Gasteiger partial charge in [-0.25, -0.2) is 27.9 Å². The summed E-state index contributed by atoms with van der Waals surface area (Å²) in [5.74, 6) is -1.94. The third-order valence-electron chi connectivity index (χ3n) is 4.64. The number of aliphatic carboxylic acids is 1. The molecule has 3 N–H and O–H groups in total. The predicted octanol–water partition coefficient (Wildman–Crippen LogP) is 4.26. The molecule has 0 bridgehead atoms. The van der Waals surface area contributed by atoms with E-state index in [1.165, 1.54) is 20.5 Å². The second kappa shape index (κ2) is 12.9. The van der Waals surface area contributed by atoms with Gasteiger partial charge in [-0.1, -0.05) is 0 Å². The number of nitrogens with one attached hydrogen (secondary N) is 2. The van der Waals surface area contributed by atoms with Gasteiger partial charge < -0.3 is 24.6 Å². The lowest BCUT2D eigenvalue weighted by molar-refractivity contribution is -0.192. The molecule has 0 unspecified atom stereocenters. The Morgan fingerprint density at radius 1 is 1.00 bits per heavy atom. The summed E-state index contributed by atoms with van der Waals surface area (Å²) < 4.78 is 112. The van der Waals surface area contributed by atoms with Crippen LogP contribution >= 0.6 is 0 Å². The number of hydrogen-bond acceptors (Lipinski definition) is 9. The minimum absolute atomic E-state index is 0.0385. The molecule has 0 radical (unpaired) electrons. The van der Waals surface area contributed by atoms with Crippen LogP contribution in [0.4, 0.5) is 37.8 Å². The SMILES string of the molecule is CCOc1cc2ncnc(Nc3cc(S(=O)(=O)NC)ccc3OCC(F)(F)F)c2cc1OC.O=C(O)C(F)(F)F. The molecule has 0 fully saturated rings. The Bertz CT molecular complexity index is 1450. The molecule has 0 aliphatic heterocycles. The number of carbonyl (C=O) groups is 1. The number of rotatable bonds is 9. The molecule has 0 aliphatic carbocycles. The number of carboxylic acid groups (broad SMARTS) is 1. The minimum Gasteiger partial charge on any atom is -0.493 e. The van der Waals surface area contributed by atoms with Crippen molar-refractivity contribution in [1.82, 2.24) is 14.7 Å². The molecule has 0 spiro atoms. The van der Waals surface area contributed by atoms with Gasteiger partial charge in [-0.3, -0.25) is 0 Å². The third kappa shape index (κ3) is 8.73. The van der Waals surface area contributed by atoms with Gasteiger partial charge in [0.25, 0.3) is 0 Å². The van der Waals surface area contributed by atoms with Crippen LogP contribution < -0.4 is 24.2 Å². The highest BCUT2D eigenvalue weighted by Gasteiger charge is 2.38. The molecule has 0 amide bonds. The van der Waals surface area contributed by atoms with Crippen LogP contribution in [0.1, 0.15) is 6.92 Å². The normalized spacial score (nSPS) is 11.8. The van der Waals surface area contributed by atoms with Crippen molar-refractivity contribution in [2.75, 3.05) is 32.7 Å². The molecule has 0 saturated heterocycles. The van der Waals surface area contributed by atoms with E-state index < -0.39 is 35.0 Å². The average molecular weight is 600 g/mol. The Labute approximate surface area is 223 Å². The predicted molar refractivity (Wildman–Crippen MR) is 128 cm³/mol. The fourth-order valence-corrected chi connectivity index (χ4v) is 3.65. The summed E-state index contributed by atoms with van der Waals surface area (Å²) in [6, 6.07) is 6.66. The first-order valence-electron chi connectivity index (χ1n) is 10.8. The van der Waals surface area contributed by atoms with Crippen LogP contribution in [0.15, 0.2) is 41.6 Å². The second-order valence-electron chi connectivity index (χ2n) is 7.37. The number of benzene rings is 2. The summed E-state index contributed by atoms with van der Waals surface area (Å²) in [7, 11) is -1.20. The standard InChI is InChI=1S/C20H21F3N4O5S.C2HF3O2/c1-4-31-18-9-14-13(8-17(18)30-3)19(26-11-25-14)27-15-7-12(33(28,29)24-2)5-6-16(15)32-10-20(21,22)23;3-2(4,5)1(6)7/h5-9,11,24H,4,10H2,1-3H3,(H,25,26,27);(H,6,7). The zero-order chi connectivity index (χ0) is 30.3. The number of hydrogen-bond donors (Lipinski definition) is 3. The van der Waals surface area contributed by atoms with E-state index in [-0.39, 0.29) is 22.2 Å². The van der Waals surface area contributed by atoms with Crippen LogP contribution in [-0.2, 0) is 14.8 Å². The zero-order valence-electron chi connectivity index (χ0n) is 20.8. The van der Waals surface area contributed by atoms with Crippen molar-refractivity contribution in [3.05, 3.63) is 36.7 Å². The Balaban J connectivity index is 0.000000708. The van der Waals surface area contributed by atoms with Gasteiger partial charge in [-0.2, -0.15) is 26.3 Å². The summed E-state index contributed by atoms with van der Waals surface area (Å²) in [6.45, 7) is 0.645. The van der Waals surface area contributed by atoms with E-state index in [1.807, 2.05) is 6.92 Å². The van der Waals surface area contributed by atoms with E-state index >= 15 is 0 Å². The average Bonchev–Trinajstić information content (AvgIpc) is 2.87. The molecular formula is C22H22F6N4O7S. The number of carboxylic acids is 1. The molecule has 1 heterocycles. The quantitative estimate of drug-likeness (QED) is 0.304. The van der Waals surface area contributed by atoms with Crippen molar-refractivity contribution in [2.24, 2.45) is 0 Å². The lowest BCUT2D eigenvalue weighted by atomic mass is 10.2. The number of halogens is 6. The van der Waals surface area contributed by atoms with Gasteiger partial charge in [0.15, 0.2) is 18.1 Å². The van der Waals surface area contributed by atoms with Crippen LogP contribution in [0.5, 0.6) is 17.2 Å². The summed E-state index contributed by atoms with van der Waals surface area (Å²) in [6.07, 6.45) is -8.42. The Morgan fingerprint density at radius 3 is 2.17 bits per heavy atom. The van der Waals surface area contributed by atoms with E-state index in [2.05, 4.69) is 20.0 Å². The summed E-state index contributed by atoms with van der Waals surface area (Å²) >= 11 is 0. The van der Waals surface area contributed by atoms with Gasteiger partial charge in [0.1, 0.15) is 17.9 Å². The van der Waals surface area contributed by atoms with Gasteiger partial charge in [-0.05, 0) is 38.2 Å². The number of fused-ring (bicyclic) bond motifs is 1. The van der Waals surface area contributed by atoms with Gasteiger partial charge in [0.05, 0.1) is 29.8 Å². The third-order valence-corrected chi connectivity index (χ3v) is 6.05. The topological polar surface area (TPSA) is 149 Å². The fourth-order valence-electron chi connectivity index (χ4n) is 2.90. The number of anilines is 2. The van der Waals surface area contributed by atoms with Crippen molar-refractivity contribution < 1.29 is 58.9 Å². The Hall–Kier alpha value is -4.06. The number of methoxy groups -OCH3 is 1. The summed E-state index contributed by atoms with van der Waals surface area (Å²) in [5.41, 5.74) is 0.428. The van der Waals surface area contributed by atoms with E-state index in [4.69, 9.17) is 24.1 Å². The van der Waals surface area contributed by atoms with Crippen LogP contribution in [-0.4, -0.2) is 69.2 Å². The molecule has 3 rings (SSSR count). The van der Waals surface area contributed by atoms with E-state index in [0.717, 1.165) is 18.2 Å². The molecule has 40 heavy (non-hydrogen) atoms. The molecule has 0 saturated carbocycles.